The molecule has 0 aliphatic rings. The summed E-state index contributed by atoms with van der Waals surface area (Å²) in [5.41, 5.74) is 0.469. The molecule has 0 radical (unpaired) electrons. The van der Waals surface area contributed by atoms with Gasteiger partial charge in [-0.3, -0.25) is 0 Å². The molecule has 0 amide bonds. The summed E-state index contributed by atoms with van der Waals surface area (Å²) < 4.78 is 18.0. The maximum Gasteiger partial charge on any atom is 0.182 e. The van der Waals surface area contributed by atoms with Crippen molar-refractivity contribution in [2.45, 2.75) is 6.42 Å². The number of hydrogen-bond acceptors (Lipinski definition) is 3. The molecule has 70 valence electrons. The van der Waals surface area contributed by atoms with E-state index in [1.54, 1.807) is 6.07 Å². The van der Waals surface area contributed by atoms with E-state index < -0.39 is 5.82 Å². The van der Waals surface area contributed by atoms with Crippen molar-refractivity contribution in [2.24, 2.45) is 0 Å². The Hall–Kier alpha value is -2.07. The third-order valence-corrected chi connectivity index (χ3v) is 1.72. The van der Waals surface area contributed by atoms with Gasteiger partial charge in [-0.2, -0.15) is 10.5 Å². The number of nitriles is 2. The fourth-order valence-electron chi connectivity index (χ4n) is 1.08. The first-order valence-corrected chi connectivity index (χ1v) is 3.86. The molecule has 0 heterocycles. The number of methoxy groups -OCH3 is 1. The van der Waals surface area contributed by atoms with E-state index in [-0.39, 0.29) is 17.7 Å². The highest BCUT2D eigenvalue weighted by Gasteiger charge is 2.10. The van der Waals surface area contributed by atoms with Gasteiger partial charge in [-0.05, 0) is 17.7 Å². The molecule has 0 aliphatic carbocycles. The van der Waals surface area contributed by atoms with E-state index in [2.05, 4.69) is 0 Å². The van der Waals surface area contributed by atoms with Crippen molar-refractivity contribution >= 4 is 0 Å². The van der Waals surface area contributed by atoms with Gasteiger partial charge in [0.2, 0.25) is 0 Å². The fraction of sp³-hybridized carbons (Fsp3) is 0.200. The lowest BCUT2D eigenvalue weighted by Crippen LogP contribution is -1.95. The molecule has 0 aliphatic heterocycles. The molecule has 1 aromatic rings. The molecule has 0 atom stereocenters. The van der Waals surface area contributed by atoms with Gasteiger partial charge in [-0.15, -0.1) is 0 Å². The largest absolute Gasteiger partial charge is 0.494 e. The van der Waals surface area contributed by atoms with Crippen molar-refractivity contribution in [2.75, 3.05) is 7.11 Å². The second kappa shape index (κ2) is 4.25. The van der Waals surface area contributed by atoms with Crippen LogP contribution in [0.1, 0.15) is 11.1 Å². The first kappa shape index (κ1) is 10.0. The molecule has 3 nitrogen and oxygen atoms in total. The molecule has 0 aromatic heterocycles. The van der Waals surface area contributed by atoms with Gasteiger partial charge in [0.25, 0.3) is 0 Å². The van der Waals surface area contributed by atoms with Crippen LogP contribution >= 0.6 is 0 Å². The minimum atomic E-state index is -0.684. The molecule has 0 N–H and O–H groups in total. The molecular formula is C10H7FN2O. The number of nitrogens with zero attached hydrogens (tertiary/aromatic N) is 2. The highest BCUT2D eigenvalue weighted by Crippen LogP contribution is 2.22. The highest BCUT2D eigenvalue weighted by atomic mass is 19.1. The summed E-state index contributed by atoms with van der Waals surface area (Å²) in [5, 5.41) is 17.1. The van der Waals surface area contributed by atoms with E-state index in [9.17, 15) is 4.39 Å². The SMILES string of the molecule is COc1cc(CC#N)cc(C#N)c1F. The smallest absolute Gasteiger partial charge is 0.182 e. The molecule has 0 saturated carbocycles. The number of halogens is 1. The average Bonchev–Trinajstić information content (AvgIpc) is 2.20. The van der Waals surface area contributed by atoms with Crippen molar-refractivity contribution in [3.63, 3.8) is 0 Å². The summed E-state index contributed by atoms with van der Waals surface area (Å²) in [4.78, 5) is 0. The van der Waals surface area contributed by atoms with E-state index in [1.165, 1.54) is 19.2 Å². The van der Waals surface area contributed by atoms with Crippen molar-refractivity contribution < 1.29 is 9.13 Å². The predicted molar refractivity (Wildman–Crippen MR) is 47.0 cm³/mol. The molecule has 0 saturated heterocycles. The van der Waals surface area contributed by atoms with Gasteiger partial charge in [-0.1, -0.05) is 0 Å². The number of benzene rings is 1. The lowest BCUT2D eigenvalue weighted by Gasteiger charge is -2.04. The lowest BCUT2D eigenvalue weighted by molar-refractivity contribution is 0.385. The molecule has 0 fully saturated rings. The van der Waals surface area contributed by atoms with Crippen LogP contribution in [0.5, 0.6) is 5.75 Å². The molecule has 0 unspecified atom stereocenters. The van der Waals surface area contributed by atoms with Crippen molar-refractivity contribution in [3.05, 3.63) is 29.1 Å². The molecule has 14 heavy (non-hydrogen) atoms. The maximum absolute atomic E-state index is 13.3. The summed E-state index contributed by atoms with van der Waals surface area (Å²) in [5.74, 6) is -0.689. The third kappa shape index (κ3) is 1.81. The zero-order valence-electron chi connectivity index (χ0n) is 7.54. The topological polar surface area (TPSA) is 56.8 Å². The molecule has 0 bridgehead atoms. The van der Waals surface area contributed by atoms with Gasteiger partial charge in [0.15, 0.2) is 11.6 Å². The van der Waals surface area contributed by atoms with Crippen LogP contribution in [0.25, 0.3) is 0 Å². The summed E-state index contributed by atoms with van der Waals surface area (Å²) in [6.07, 6.45) is 0.130. The Balaban J connectivity index is 3.28. The van der Waals surface area contributed by atoms with Gasteiger partial charge >= 0.3 is 0 Å². The van der Waals surface area contributed by atoms with Crippen LogP contribution in [0.2, 0.25) is 0 Å². The highest BCUT2D eigenvalue weighted by molar-refractivity contribution is 5.43. The van der Waals surface area contributed by atoms with Gasteiger partial charge in [0, 0.05) is 0 Å². The quantitative estimate of drug-likeness (QED) is 0.714. The fourth-order valence-corrected chi connectivity index (χ4v) is 1.08. The summed E-state index contributed by atoms with van der Waals surface area (Å²) >= 11 is 0. The minimum Gasteiger partial charge on any atom is -0.494 e. The van der Waals surface area contributed by atoms with Crippen LogP contribution in [-0.4, -0.2) is 7.11 Å². The zero-order chi connectivity index (χ0) is 10.6. The van der Waals surface area contributed by atoms with Crippen molar-refractivity contribution in [1.82, 2.24) is 0 Å². The van der Waals surface area contributed by atoms with Crippen LogP contribution in [0.15, 0.2) is 12.1 Å². The Morgan fingerprint density at radius 2 is 2.14 bits per heavy atom. The second-order valence-electron chi connectivity index (χ2n) is 2.61. The monoisotopic (exact) mass is 190 g/mol. The molecular weight excluding hydrogens is 183 g/mol. The maximum atomic E-state index is 13.3. The molecule has 0 spiro atoms. The number of rotatable bonds is 2. The van der Waals surface area contributed by atoms with Gasteiger partial charge in [-0.25, -0.2) is 4.39 Å². The average molecular weight is 190 g/mol. The second-order valence-corrected chi connectivity index (χ2v) is 2.61. The molecule has 1 aromatic carbocycles. The van der Waals surface area contributed by atoms with Crippen LogP contribution in [0.4, 0.5) is 4.39 Å². The van der Waals surface area contributed by atoms with Crippen LogP contribution < -0.4 is 4.74 Å². The Morgan fingerprint density at radius 3 is 2.64 bits per heavy atom. The van der Waals surface area contributed by atoms with Crippen molar-refractivity contribution in [1.29, 1.82) is 10.5 Å². The van der Waals surface area contributed by atoms with E-state index in [4.69, 9.17) is 15.3 Å². The summed E-state index contributed by atoms with van der Waals surface area (Å²) in [7, 11) is 1.32. The van der Waals surface area contributed by atoms with Crippen LogP contribution in [-0.2, 0) is 6.42 Å². The third-order valence-electron chi connectivity index (χ3n) is 1.72. The van der Waals surface area contributed by atoms with Crippen molar-refractivity contribution in [3.8, 4) is 17.9 Å². The Labute approximate surface area is 81.0 Å². The number of hydrogen-bond donors (Lipinski definition) is 0. The Kier molecular flexibility index (Phi) is 3.04. The van der Waals surface area contributed by atoms with Gasteiger partial charge in [0.1, 0.15) is 6.07 Å². The van der Waals surface area contributed by atoms with E-state index >= 15 is 0 Å². The van der Waals surface area contributed by atoms with E-state index in [1.807, 2.05) is 6.07 Å². The first-order chi connectivity index (χ1) is 6.72. The van der Waals surface area contributed by atoms with Crippen LogP contribution in [0.3, 0.4) is 0 Å². The molecule has 4 heteroatoms. The summed E-state index contributed by atoms with van der Waals surface area (Å²) in [6, 6.07) is 6.39. The van der Waals surface area contributed by atoms with Crippen LogP contribution in [0, 0.1) is 28.5 Å². The standard InChI is InChI=1S/C10H7FN2O/c1-14-9-5-7(2-3-12)4-8(6-13)10(9)11/h4-5H,2H2,1H3. The summed E-state index contributed by atoms with van der Waals surface area (Å²) in [6.45, 7) is 0. The number of ether oxygens (including phenoxy) is 1. The Bertz CT molecular complexity index is 429. The first-order valence-electron chi connectivity index (χ1n) is 3.86. The van der Waals surface area contributed by atoms with Gasteiger partial charge < -0.3 is 4.74 Å². The Morgan fingerprint density at radius 1 is 1.43 bits per heavy atom. The lowest BCUT2D eigenvalue weighted by atomic mass is 10.1. The molecule has 1 rings (SSSR count). The van der Waals surface area contributed by atoms with E-state index in [0.29, 0.717) is 5.56 Å². The predicted octanol–water partition coefficient (Wildman–Crippen LogP) is 1.77. The normalized spacial score (nSPS) is 8.86. The minimum absolute atomic E-state index is 0.00528. The zero-order valence-corrected chi connectivity index (χ0v) is 7.54. The van der Waals surface area contributed by atoms with E-state index in [0.717, 1.165) is 0 Å². The van der Waals surface area contributed by atoms with Gasteiger partial charge in [0.05, 0.1) is 25.2 Å².